The zero-order valence-electron chi connectivity index (χ0n) is 13.4. The second-order valence-corrected chi connectivity index (χ2v) is 6.01. The number of benzene rings is 1. The molecule has 0 spiro atoms. The second kappa shape index (κ2) is 6.53. The van der Waals surface area contributed by atoms with E-state index in [1.165, 1.54) is 0 Å². The molecule has 1 unspecified atom stereocenters. The first-order chi connectivity index (χ1) is 10.7. The Morgan fingerprint density at radius 2 is 2.23 bits per heavy atom. The number of hydrogen-bond acceptors (Lipinski definition) is 2. The molecule has 1 aromatic heterocycles. The fraction of sp³-hybridized carbons (Fsp3) is 0.500. The molecule has 1 aromatic carbocycles. The van der Waals surface area contributed by atoms with Crippen molar-refractivity contribution in [2.75, 3.05) is 19.7 Å². The highest BCUT2D eigenvalue weighted by Crippen LogP contribution is 2.23. The summed E-state index contributed by atoms with van der Waals surface area (Å²) in [6.45, 7) is 6.35. The maximum absolute atomic E-state index is 12.7. The van der Waals surface area contributed by atoms with E-state index in [9.17, 15) is 4.79 Å². The molecule has 1 atom stereocenters. The van der Waals surface area contributed by atoms with Crippen LogP contribution >= 0.6 is 0 Å². The molecular formula is C18H24N2O2. The molecule has 3 rings (SSSR count). The van der Waals surface area contributed by atoms with Crippen molar-refractivity contribution in [3.05, 3.63) is 35.5 Å². The van der Waals surface area contributed by atoms with Crippen molar-refractivity contribution in [1.82, 2.24) is 9.88 Å². The van der Waals surface area contributed by atoms with Gasteiger partial charge in [0.15, 0.2) is 0 Å². The van der Waals surface area contributed by atoms with Gasteiger partial charge in [-0.1, -0.05) is 18.2 Å². The van der Waals surface area contributed by atoms with Crippen LogP contribution in [0.3, 0.4) is 0 Å². The van der Waals surface area contributed by atoms with Crippen LogP contribution in [0, 0.1) is 6.92 Å². The van der Waals surface area contributed by atoms with Crippen LogP contribution in [-0.2, 0) is 16.0 Å². The van der Waals surface area contributed by atoms with Gasteiger partial charge in [0.25, 0.3) is 0 Å². The van der Waals surface area contributed by atoms with Crippen molar-refractivity contribution < 1.29 is 9.53 Å². The monoisotopic (exact) mass is 300 g/mol. The van der Waals surface area contributed by atoms with Crippen molar-refractivity contribution in [2.24, 2.45) is 0 Å². The van der Waals surface area contributed by atoms with Gasteiger partial charge < -0.3 is 14.6 Å². The van der Waals surface area contributed by atoms with Crippen molar-refractivity contribution in [1.29, 1.82) is 0 Å². The van der Waals surface area contributed by atoms with E-state index in [1.54, 1.807) is 0 Å². The van der Waals surface area contributed by atoms with E-state index in [0.29, 0.717) is 13.0 Å². The number of para-hydroxylation sites is 1. The number of nitrogens with zero attached hydrogens (tertiary/aromatic N) is 1. The molecule has 2 aromatic rings. The number of aryl methyl sites for hydroxylation is 1. The first-order valence-corrected chi connectivity index (χ1v) is 8.14. The van der Waals surface area contributed by atoms with Crippen molar-refractivity contribution in [3.8, 4) is 0 Å². The van der Waals surface area contributed by atoms with Crippen molar-refractivity contribution in [2.45, 2.75) is 39.2 Å². The van der Waals surface area contributed by atoms with Crippen LogP contribution in [0.1, 0.15) is 31.0 Å². The number of ether oxygens (including phenoxy) is 1. The number of H-pyrrole nitrogens is 1. The summed E-state index contributed by atoms with van der Waals surface area (Å²) in [5, 5.41) is 1.16. The van der Waals surface area contributed by atoms with Crippen LogP contribution in [-0.4, -0.2) is 41.6 Å². The Bertz CT molecular complexity index is 660. The Morgan fingerprint density at radius 3 is 3.05 bits per heavy atom. The van der Waals surface area contributed by atoms with Gasteiger partial charge in [0.05, 0.1) is 12.5 Å². The number of hydrogen-bond donors (Lipinski definition) is 1. The fourth-order valence-electron chi connectivity index (χ4n) is 3.36. The summed E-state index contributed by atoms with van der Waals surface area (Å²) >= 11 is 0. The molecule has 1 N–H and O–H groups in total. The predicted molar refractivity (Wildman–Crippen MR) is 88.0 cm³/mol. The minimum atomic E-state index is 0.201. The highest BCUT2D eigenvalue weighted by atomic mass is 16.5. The van der Waals surface area contributed by atoms with Crippen molar-refractivity contribution >= 4 is 16.8 Å². The van der Waals surface area contributed by atoms with Gasteiger partial charge in [-0.25, -0.2) is 0 Å². The number of amides is 1. The molecular weight excluding hydrogens is 276 g/mol. The molecule has 1 amide bonds. The van der Waals surface area contributed by atoms with Gasteiger partial charge >= 0.3 is 0 Å². The lowest BCUT2D eigenvalue weighted by molar-refractivity contribution is -0.134. The Balaban J connectivity index is 1.74. The van der Waals surface area contributed by atoms with E-state index >= 15 is 0 Å². The Morgan fingerprint density at radius 1 is 1.41 bits per heavy atom. The van der Waals surface area contributed by atoms with Crippen LogP contribution in [0.4, 0.5) is 0 Å². The average molecular weight is 300 g/mol. The molecule has 0 aliphatic carbocycles. The summed E-state index contributed by atoms with van der Waals surface area (Å²) in [7, 11) is 0. The molecule has 0 bridgehead atoms. The minimum absolute atomic E-state index is 0.201. The number of fused-ring (bicyclic) bond motifs is 1. The highest BCUT2D eigenvalue weighted by molar-refractivity contribution is 5.90. The number of piperidine rings is 1. The number of nitrogens with one attached hydrogen (secondary N) is 1. The summed E-state index contributed by atoms with van der Waals surface area (Å²) in [4.78, 5) is 18.0. The smallest absolute Gasteiger partial charge is 0.227 e. The van der Waals surface area contributed by atoms with E-state index in [-0.39, 0.29) is 12.0 Å². The van der Waals surface area contributed by atoms with Gasteiger partial charge in [-0.05, 0) is 38.3 Å². The summed E-state index contributed by atoms with van der Waals surface area (Å²) in [5.74, 6) is 0.206. The lowest BCUT2D eigenvalue weighted by Crippen LogP contribution is -2.43. The highest BCUT2D eigenvalue weighted by Gasteiger charge is 2.24. The fourth-order valence-corrected chi connectivity index (χ4v) is 3.36. The maximum atomic E-state index is 12.7. The Hall–Kier alpha value is -1.81. The molecule has 1 saturated heterocycles. The first-order valence-electron chi connectivity index (χ1n) is 8.14. The molecule has 4 nitrogen and oxygen atoms in total. The third-order valence-corrected chi connectivity index (χ3v) is 4.49. The molecule has 2 heterocycles. The Labute approximate surface area is 131 Å². The lowest BCUT2D eigenvalue weighted by Gasteiger charge is -2.32. The minimum Gasteiger partial charge on any atom is -0.377 e. The third-order valence-electron chi connectivity index (χ3n) is 4.49. The lowest BCUT2D eigenvalue weighted by atomic mass is 10.0. The first kappa shape index (κ1) is 15.1. The number of aromatic nitrogens is 1. The van der Waals surface area contributed by atoms with Gasteiger partial charge in [-0.3, -0.25) is 4.79 Å². The molecule has 118 valence electrons. The topological polar surface area (TPSA) is 45.3 Å². The standard InChI is InChI=1S/C18H24N2O2/c1-3-22-14-7-6-10-20(12-14)18(21)11-16-13(2)19-17-9-5-4-8-15(16)17/h4-5,8-9,14,19H,3,6-7,10-12H2,1-2H3. The zero-order chi connectivity index (χ0) is 15.5. The van der Waals surface area contributed by atoms with Gasteiger partial charge in [0.1, 0.15) is 0 Å². The average Bonchev–Trinajstić information content (AvgIpc) is 2.84. The van der Waals surface area contributed by atoms with Gasteiger partial charge in [0.2, 0.25) is 5.91 Å². The van der Waals surface area contributed by atoms with Gasteiger partial charge in [-0.15, -0.1) is 0 Å². The van der Waals surface area contributed by atoms with Crippen LogP contribution in [0.25, 0.3) is 10.9 Å². The van der Waals surface area contributed by atoms with Crippen LogP contribution in [0.5, 0.6) is 0 Å². The molecule has 0 saturated carbocycles. The summed E-state index contributed by atoms with van der Waals surface area (Å²) in [5.41, 5.74) is 3.32. The zero-order valence-corrected chi connectivity index (χ0v) is 13.4. The van der Waals surface area contributed by atoms with E-state index < -0.39 is 0 Å². The molecule has 22 heavy (non-hydrogen) atoms. The molecule has 1 aliphatic rings. The SMILES string of the molecule is CCOC1CCCN(C(=O)Cc2c(C)[nH]c3ccccc23)C1. The van der Waals surface area contributed by atoms with E-state index in [0.717, 1.165) is 48.1 Å². The normalized spacial score (nSPS) is 18.8. The number of carbonyl (C=O) groups is 1. The predicted octanol–water partition coefficient (Wildman–Crippen LogP) is 3.05. The third kappa shape index (κ3) is 3.02. The number of rotatable bonds is 4. The second-order valence-electron chi connectivity index (χ2n) is 6.01. The summed E-state index contributed by atoms with van der Waals surface area (Å²) in [6.07, 6.45) is 2.76. The van der Waals surface area contributed by atoms with Crippen molar-refractivity contribution in [3.63, 3.8) is 0 Å². The largest absolute Gasteiger partial charge is 0.377 e. The number of carbonyl (C=O) groups excluding carboxylic acids is 1. The Kier molecular flexibility index (Phi) is 4.48. The van der Waals surface area contributed by atoms with Crippen LogP contribution in [0.15, 0.2) is 24.3 Å². The summed E-state index contributed by atoms with van der Waals surface area (Å²) in [6, 6.07) is 8.18. The van der Waals surface area contributed by atoms with E-state index in [1.807, 2.05) is 30.9 Å². The maximum Gasteiger partial charge on any atom is 0.227 e. The number of likely N-dealkylation sites (tertiary alicyclic amines) is 1. The number of aromatic amines is 1. The molecule has 1 fully saturated rings. The van der Waals surface area contributed by atoms with Gasteiger partial charge in [0, 0.05) is 36.3 Å². The summed E-state index contributed by atoms with van der Waals surface area (Å²) < 4.78 is 5.69. The quantitative estimate of drug-likeness (QED) is 0.943. The van der Waals surface area contributed by atoms with E-state index in [4.69, 9.17) is 4.74 Å². The van der Waals surface area contributed by atoms with Gasteiger partial charge in [-0.2, -0.15) is 0 Å². The van der Waals surface area contributed by atoms with Crippen LogP contribution in [0.2, 0.25) is 0 Å². The molecule has 1 aliphatic heterocycles. The van der Waals surface area contributed by atoms with Crippen LogP contribution < -0.4 is 0 Å². The molecule has 0 radical (unpaired) electrons. The van der Waals surface area contributed by atoms with E-state index in [2.05, 4.69) is 17.1 Å². The molecule has 4 heteroatoms.